The van der Waals surface area contributed by atoms with Gasteiger partial charge in [0.15, 0.2) is 0 Å². The van der Waals surface area contributed by atoms with Crippen LogP contribution in [0.1, 0.15) is 38.5 Å². The Morgan fingerprint density at radius 1 is 1.00 bits per heavy atom. The van der Waals surface area contributed by atoms with Gasteiger partial charge >= 0.3 is 0 Å². The number of fused-ring (bicyclic) bond motifs is 1. The lowest BCUT2D eigenvalue weighted by atomic mass is 9.94. The van der Waals surface area contributed by atoms with Crippen LogP contribution in [0.25, 0.3) is 0 Å². The van der Waals surface area contributed by atoms with Gasteiger partial charge in [0.25, 0.3) is 0 Å². The van der Waals surface area contributed by atoms with Crippen molar-refractivity contribution in [3.63, 3.8) is 0 Å². The molecule has 0 saturated heterocycles. The summed E-state index contributed by atoms with van der Waals surface area (Å²) >= 11 is 0. The topological polar surface area (TPSA) is 21.6 Å². The SMILES string of the molecule is C1=Nc2ccccc2OC12CCCCCC2. The number of rotatable bonds is 0. The Balaban J connectivity index is 1.91. The van der Waals surface area contributed by atoms with Crippen LogP contribution in [0.3, 0.4) is 0 Å². The predicted molar refractivity (Wildman–Crippen MR) is 65.7 cm³/mol. The van der Waals surface area contributed by atoms with Crippen molar-refractivity contribution in [3.05, 3.63) is 24.3 Å². The van der Waals surface area contributed by atoms with Gasteiger partial charge in [-0.05, 0) is 37.8 Å². The van der Waals surface area contributed by atoms with Crippen molar-refractivity contribution in [2.24, 2.45) is 4.99 Å². The summed E-state index contributed by atoms with van der Waals surface area (Å²) in [4.78, 5) is 4.56. The number of para-hydroxylation sites is 2. The summed E-state index contributed by atoms with van der Waals surface area (Å²) in [6, 6.07) is 8.06. The number of hydrogen-bond acceptors (Lipinski definition) is 2. The number of hydrogen-bond donors (Lipinski definition) is 0. The van der Waals surface area contributed by atoms with Crippen molar-refractivity contribution in [3.8, 4) is 5.75 Å². The van der Waals surface area contributed by atoms with Gasteiger partial charge in [-0.3, -0.25) is 4.99 Å². The molecule has 1 aliphatic heterocycles. The van der Waals surface area contributed by atoms with Crippen LogP contribution in [0.15, 0.2) is 29.3 Å². The van der Waals surface area contributed by atoms with E-state index in [1.165, 1.54) is 25.7 Å². The molecule has 0 unspecified atom stereocenters. The molecular formula is C14H17NO. The zero-order valence-electron chi connectivity index (χ0n) is 9.48. The maximum atomic E-state index is 6.19. The van der Waals surface area contributed by atoms with Gasteiger partial charge < -0.3 is 4.74 Å². The second-order valence-corrected chi connectivity index (χ2v) is 4.81. The second kappa shape index (κ2) is 3.93. The van der Waals surface area contributed by atoms with Crippen LogP contribution in [0.5, 0.6) is 5.75 Å². The monoisotopic (exact) mass is 215 g/mol. The summed E-state index contributed by atoms with van der Waals surface area (Å²) < 4.78 is 6.19. The van der Waals surface area contributed by atoms with Crippen LogP contribution in [0.2, 0.25) is 0 Å². The Labute approximate surface area is 96.3 Å². The van der Waals surface area contributed by atoms with Gasteiger partial charge in [-0.15, -0.1) is 0 Å². The highest BCUT2D eigenvalue weighted by Gasteiger charge is 2.34. The highest BCUT2D eigenvalue weighted by Crippen LogP contribution is 2.39. The first-order valence-corrected chi connectivity index (χ1v) is 6.21. The zero-order chi connectivity index (χ0) is 10.8. The molecule has 0 bridgehead atoms. The van der Waals surface area contributed by atoms with Crippen molar-refractivity contribution < 1.29 is 4.74 Å². The van der Waals surface area contributed by atoms with Crippen molar-refractivity contribution in [1.82, 2.24) is 0 Å². The number of nitrogens with zero attached hydrogens (tertiary/aromatic N) is 1. The van der Waals surface area contributed by atoms with E-state index in [9.17, 15) is 0 Å². The van der Waals surface area contributed by atoms with Gasteiger partial charge in [-0.1, -0.05) is 25.0 Å². The first kappa shape index (κ1) is 9.88. The van der Waals surface area contributed by atoms with Crippen molar-refractivity contribution in [2.75, 3.05) is 0 Å². The minimum absolute atomic E-state index is 0.106. The van der Waals surface area contributed by atoms with E-state index in [-0.39, 0.29) is 5.60 Å². The van der Waals surface area contributed by atoms with Gasteiger partial charge in [-0.2, -0.15) is 0 Å². The van der Waals surface area contributed by atoms with E-state index in [2.05, 4.69) is 4.99 Å². The molecule has 0 radical (unpaired) electrons. The largest absolute Gasteiger partial charge is 0.479 e. The lowest BCUT2D eigenvalue weighted by Crippen LogP contribution is -2.38. The van der Waals surface area contributed by atoms with E-state index in [1.807, 2.05) is 30.5 Å². The highest BCUT2D eigenvalue weighted by atomic mass is 16.5. The molecule has 1 heterocycles. The summed E-state index contributed by atoms with van der Waals surface area (Å²) in [5.74, 6) is 0.951. The van der Waals surface area contributed by atoms with E-state index in [4.69, 9.17) is 4.74 Å². The lowest BCUT2D eigenvalue weighted by molar-refractivity contribution is 0.125. The molecule has 1 saturated carbocycles. The fourth-order valence-corrected chi connectivity index (χ4v) is 2.64. The third kappa shape index (κ3) is 1.73. The number of benzene rings is 1. The smallest absolute Gasteiger partial charge is 0.146 e. The van der Waals surface area contributed by atoms with E-state index < -0.39 is 0 Å². The Hall–Kier alpha value is -1.31. The molecule has 2 heteroatoms. The van der Waals surface area contributed by atoms with Crippen LogP contribution < -0.4 is 4.74 Å². The molecule has 1 spiro atoms. The molecule has 0 N–H and O–H groups in total. The Bertz CT molecular complexity index is 403. The van der Waals surface area contributed by atoms with Gasteiger partial charge in [0.2, 0.25) is 0 Å². The fourth-order valence-electron chi connectivity index (χ4n) is 2.64. The highest BCUT2D eigenvalue weighted by molar-refractivity contribution is 5.77. The van der Waals surface area contributed by atoms with Crippen LogP contribution in [-0.4, -0.2) is 11.8 Å². The predicted octanol–water partition coefficient (Wildman–Crippen LogP) is 3.87. The third-order valence-corrected chi connectivity index (χ3v) is 3.57. The van der Waals surface area contributed by atoms with Crippen molar-refractivity contribution in [1.29, 1.82) is 0 Å². The van der Waals surface area contributed by atoms with Crippen LogP contribution >= 0.6 is 0 Å². The molecule has 1 aliphatic carbocycles. The molecule has 1 aromatic rings. The number of ether oxygens (including phenoxy) is 1. The molecule has 0 amide bonds. The van der Waals surface area contributed by atoms with Crippen LogP contribution in [0.4, 0.5) is 5.69 Å². The van der Waals surface area contributed by atoms with E-state index in [1.54, 1.807) is 0 Å². The lowest BCUT2D eigenvalue weighted by Gasteiger charge is -2.33. The standard InChI is InChI=1S/C14H17NO/c1-2-6-10-14(9-5-1)11-15-12-7-3-4-8-13(12)16-14/h3-4,7-8,11H,1-2,5-6,9-10H2. The molecule has 0 aromatic heterocycles. The summed E-state index contributed by atoms with van der Waals surface area (Å²) in [7, 11) is 0. The molecule has 1 fully saturated rings. The Morgan fingerprint density at radius 3 is 2.56 bits per heavy atom. The van der Waals surface area contributed by atoms with Gasteiger partial charge in [-0.25, -0.2) is 0 Å². The van der Waals surface area contributed by atoms with Gasteiger partial charge in [0, 0.05) is 6.21 Å². The normalized spacial score (nSPS) is 22.2. The summed E-state index contributed by atoms with van der Waals surface area (Å²) in [6.45, 7) is 0. The van der Waals surface area contributed by atoms with E-state index in [0.717, 1.165) is 24.3 Å². The molecule has 16 heavy (non-hydrogen) atoms. The Kier molecular flexibility index (Phi) is 2.43. The summed E-state index contributed by atoms with van der Waals surface area (Å²) in [5.41, 5.74) is 0.863. The van der Waals surface area contributed by atoms with Crippen LogP contribution in [-0.2, 0) is 0 Å². The van der Waals surface area contributed by atoms with E-state index >= 15 is 0 Å². The Morgan fingerprint density at radius 2 is 1.75 bits per heavy atom. The molecular weight excluding hydrogens is 198 g/mol. The fraction of sp³-hybridized carbons (Fsp3) is 0.500. The molecule has 84 valence electrons. The molecule has 2 nitrogen and oxygen atoms in total. The maximum Gasteiger partial charge on any atom is 0.146 e. The van der Waals surface area contributed by atoms with Gasteiger partial charge in [0.05, 0.1) is 0 Å². The average Bonchev–Trinajstić information content (AvgIpc) is 2.55. The second-order valence-electron chi connectivity index (χ2n) is 4.81. The molecule has 0 atom stereocenters. The van der Waals surface area contributed by atoms with Crippen LogP contribution in [0, 0.1) is 0 Å². The van der Waals surface area contributed by atoms with E-state index in [0.29, 0.717) is 0 Å². The first-order valence-electron chi connectivity index (χ1n) is 6.21. The molecule has 2 aliphatic rings. The summed E-state index contributed by atoms with van der Waals surface area (Å²) in [6.07, 6.45) is 9.46. The van der Waals surface area contributed by atoms with Crippen molar-refractivity contribution in [2.45, 2.75) is 44.1 Å². The minimum atomic E-state index is -0.106. The first-order chi connectivity index (χ1) is 7.88. The molecule has 1 aromatic carbocycles. The number of aliphatic imine (C=N–C) groups is 1. The average molecular weight is 215 g/mol. The molecule has 3 rings (SSSR count). The summed E-state index contributed by atoms with van der Waals surface area (Å²) in [5, 5.41) is 0. The van der Waals surface area contributed by atoms with Gasteiger partial charge in [0.1, 0.15) is 17.0 Å². The zero-order valence-corrected chi connectivity index (χ0v) is 9.48. The minimum Gasteiger partial charge on any atom is -0.479 e. The quantitative estimate of drug-likeness (QED) is 0.643. The van der Waals surface area contributed by atoms with Crippen molar-refractivity contribution >= 4 is 11.9 Å². The maximum absolute atomic E-state index is 6.19. The third-order valence-electron chi connectivity index (χ3n) is 3.57.